The molecule has 1 saturated heterocycles. The number of rotatable bonds is 6. The highest BCUT2D eigenvalue weighted by Gasteiger charge is 2.40. The number of Topliss-reactive ketones (excluding diaryl/α,β-unsaturated/α-hetero) is 1. The fourth-order valence-corrected chi connectivity index (χ4v) is 2.98. The summed E-state index contributed by atoms with van der Waals surface area (Å²) >= 11 is 0. The Kier molecular flexibility index (Phi) is 5.96. The molecule has 0 aliphatic carbocycles. The minimum Gasteiger partial charge on any atom is -0.497 e. The Morgan fingerprint density at radius 1 is 1.42 bits per heavy atom. The van der Waals surface area contributed by atoms with Crippen LogP contribution in [0.15, 0.2) is 24.3 Å². The zero-order chi connectivity index (χ0) is 17.7. The fraction of sp³-hybridized carbons (Fsp3) is 0.556. The lowest BCUT2D eigenvalue weighted by Gasteiger charge is -2.37. The molecule has 0 bridgehead atoms. The lowest BCUT2D eigenvalue weighted by molar-refractivity contribution is -0.134. The molecule has 1 aliphatic heterocycles. The third-order valence-electron chi connectivity index (χ3n) is 4.50. The van der Waals surface area contributed by atoms with Gasteiger partial charge in [-0.05, 0) is 57.4 Å². The number of piperidine rings is 1. The number of hydrogen-bond acceptors (Lipinski definition) is 5. The third kappa shape index (κ3) is 4.55. The second-order valence-corrected chi connectivity index (χ2v) is 6.57. The Morgan fingerprint density at radius 3 is 2.62 bits per heavy atom. The molecule has 1 fully saturated rings. The molecule has 6 heteroatoms. The standard InChI is InChI=1S/C18H26N2O4/c1-12(21)15(11-13-5-7-14(24-3)8-6-13)20-17(22)16-18(2,23)9-4-10-19-16/h5-8,15-16,19,23H,4,9-11H2,1-3H3,(H,20,22)/t15-,16-,18+/m0/s1. The fourth-order valence-electron chi connectivity index (χ4n) is 2.98. The molecule has 0 spiro atoms. The van der Waals surface area contributed by atoms with Gasteiger partial charge in [-0.2, -0.15) is 0 Å². The van der Waals surface area contributed by atoms with Gasteiger partial charge in [0.2, 0.25) is 5.91 Å². The predicted octanol–water partition coefficient (Wildman–Crippen LogP) is 0.814. The SMILES string of the molecule is COc1ccc(C[C@H](NC(=O)[C@@H]2NCCC[C@@]2(C)O)C(C)=O)cc1. The van der Waals surface area contributed by atoms with E-state index in [1.807, 2.05) is 24.3 Å². The van der Waals surface area contributed by atoms with E-state index in [0.717, 1.165) is 17.7 Å². The number of benzene rings is 1. The molecular weight excluding hydrogens is 308 g/mol. The van der Waals surface area contributed by atoms with Crippen molar-refractivity contribution in [2.75, 3.05) is 13.7 Å². The number of methoxy groups -OCH3 is 1. The summed E-state index contributed by atoms with van der Waals surface area (Å²) in [5.41, 5.74) is -0.177. The Morgan fingerprint density at radius 2 is 2.08 bits per heavy atom. The molecule has 132 valence electrons. The highest BCUT2D eigenvalue weighted by Crippen LogP contribution is 2.21. The van der Waals surface area contributed by atoms with Crippen molar-refractivity contribution in [1.82, 2.24) is 10.6 Å². The van der Waals surface area contributed by atoms with Crippen LogP contribution in [0.1, 0.15) is 32.3 Å². The Balaban J connectivity index is 2.04. The van der Waals surface area contributed by atoms with Crippen LogP contribution in [-0.2, 0) is 16.0 Å². The highest BCUT2D eigenvalue weighted by molar-refractivity contribution is 5.90. The summed E-state index contributed by atoms with van der Waals surface area (Å²) in [6.45, 7) is 3.79. The first-order valence-corrected chi connectivity index (χ1v) is 8.23. The van der Waals surface area contributed by atoms with Crippen LogP contribution in [0.5, 0.6) is 5.75 Å². The van der Waals surface area contributed by atoms with Gasteiger partial charge in [0.05, 0.1) is 18.8 Å². The molecule has 0 saturated carbocycles. The van der Waals surface area contributed by atoms with Crippen molar-refractivity contribution in [1.29, 1.82) is 0 Å². The molecule has 0 radical (unpaired) electrons. The van der Waals surface area contributed by atoms with Crippen molar-refractivity contribution in [3.63, 3.8) is 0 Å². The first kappa shape index (κ1) is 18.4. The van der Waals surface area contributed by atoms with Gasteiger partial charge in [0.25, 0.3) is 0 Å². The average Bonchev–Trinajstić information content (AvgIpc) is 2.54. The zero-order valence-electron chi connectivity index (χ0n) is 14.5. The topological polar surface area (TPSA) is 87.7 Å². The maximum absolute atomic E-state index is 12.5. The van der Waals surface area contributed by atoms with Gasteiger partial charge in [0, 0.05) is 0 Å². The Labute approximate surface area is 142 Å². The molecule has 3 atom stereocenters. The summed E-state index contributed by atoms with van der Waals surface area (Å²) < 4.78 is 5.12. The van der Waals surface area contributed by atoms with Crippen LogP contribution < -0.4 is 15.4 Å². The monoisotopic (exact) mass is 334 g/mol. The number of aliphatic hydroxyl groups is 1. The first-order valence-electron chi connectivity index (χ1n) is 8.23. The van der Waals surface area contributed by atoms with Gasteiger partial charge in [-0.15, -0.1) is 0 Å². The van der Waals surface area contributed by atoms with E-state index >= 15 is 0 Å². The summed E-state index contributed by atoms with van der Waals surface area (Å²) in [6.07, 6.45) is 1.78. The van der Waals surface area contributed by atoms with Crippen LogP contribution in [0.4, 0.5) is 0 Å². The molecule has 3 N–H and O–H groups in total. The van der Waals surface area contributed by atoms with Crippen molar-refractivity contribution < 1.29 is 19.4 Å². The molecule has 1 amide bonds. The molecule has 1 heterocycles. The molecular formula is C18H26N2O4. The number of nitrogens with one attached hydrogen (secondary N) is 2. The van der Waals surface area contributed by atoms with E-state index in [0.29, 0.717) is 19.4 Å². The van der Waals surface area contributed by atoms with Crippen LogP contribution in [0.25, 0.3) is 0 Å². The van der Waals surface area contributed by atoms with Crippen molar-refractivity contribution >= 4 is 11.7 Å². The van der Waals surface area contributed by atoms with Crippen LogP contribution in [-0.4, -0.2) is 48.1 Å². The average molecular weight is 334 g/mol. The van der Waals surface area contributed by atoms with Crippen molar-refractivity contribution in [3.8, 4) is 5.75 Å². The summed E-state index contributed by atoms with van der Waals surface area (Å²) in [5, 5.41) is 16.2. The molecule has 24 heavy (non-hydrogen) atoms. The molecule has 1 aromatic rings. The summed E-state index contributed by atoms with van der Waals surface area (Å²) in [5.74, 6) is 0.285. The number of ketones is 1. The second kappa shape index (κ2) is 7.77. The van der Waals surface area contributed by atoms with Crippen molar-refractivity contribution in [2.45, 2.75) is 50.8 Å². The number of carbonyl (C=O) groups excluding carboxylic acids is 2. The van der Waals surface area contributed by atoms with Crippen LogP contribution in [0, 0.1) is 0 Å². The maximum Gasteiger partial charge on any atom is 0.240 e. The highest BCUT2D eigenvalue weighted by atomic mass is 16.5. The minimum absolute atomic E-state index is 0.116. The Hall–Kier alpha value is -1.92. The molecule has 0 aromatic heterocycles. The number of ether oxygens (including phenoxy) is 1. The van der Waals surface area contributed by atoms with E-state index in [9.17, 15) is 14.7 Å². The van der Waals surface area contributed by atoms with E-state index in [1.165, 1.54) is 6.92 Å². The van der Waals surface area contributed by atoms with Gasteiger partial charge in [-0.25, -0.2) is 0 Å². The molecule has 0 unspecified atom stereocenters. The zero-order valence-corrected chi connectivity index (χ0v) is 14.5. The van der Waals surface area contributed by atoms with Gasteiger partial charge in [0.15, 0.2) is 5.78 Å². The van der Waals surface area contributed by atoms with Crippen LogP contribution in [0.2, 0.25) is 0 Å². The number of carbonyl (C=O) groups is 2. The van der Waals surface area contributed by atoms with E-state index in [4.69, 9.17) is 4.74 Å². The smallest absolute Gasteiger partial charge is 0.240 e. The van der Waals surface area contributed by atoms with Crippen molar-refractivity contribution in [2.24, 2.45) is 0 Å². The predicted molar refractivity (Wildman–Crippen MR) is 91.0 cm³/mol. The lowest BCUT2D eigenvalue weighted by Crippen LogP contribution is -2.62. The second-order valence-electron chi connectivity index (χ2n) is 6.57. The summed E-state index contributed by atoms with van der Waals surface area (Å²) in [6, 6.07) is 6.06. The molecule has 1 aromatic carbocycles. The van der Waals surface area contributed by atoms with E-state index in [2.05, 4.69) is 10.6 Å². The third-order valence-corrected chi connectivity index (χ3v) is 4.50. The van der Waals surface area contributed by atoms with Gasteiger partial charge < -0.3 is 20.5 Å². The normalized spacial score (nSPS) is 24.9. The van der Waals surface area contributed by atoms with Crippen LogP contribution in [0.3, 0.4) is 0 Å². The largest absolute Gasteiger partial charge is 0.497 e. The van der Waals surface area contributed by atoms with Gasteiger partial charge in [-0.3, -0.25) is 9.59 Å². The minimum atomic E-state index is -1.11. The van der Waals surface area contributed by atoms with Crippen molar-refractivity contribution in [3.05, 3.63) is 29.8 Å². The molecule has 6 nitrogen and oxygen atoms in total. The van der Waals surface area contributed by atoms with E-state index in [1.54, 1.807) is 14.0 Å². The number of hydrogen-bond donors (Lipinski definition) is 3. The number of amides is 1. The summed E-state index contributed by atoms with van der Waals surface area (Å²) in [4.78, 5) is 24.4. The quantitative estimate of drug-likeness (QED) is 0.717. The van der Waals surface area contributed by atoms with E-state index in [-0.39, 0.29) is 11.7 Å². The Bertz CT molecular complexity index is 583. The lowest BCUT2D eigenvalue weighted by atomic mass is 9.87. The van der Waals surface area contributed by atoms with Gasteiger partial charge >= 0.3 is 0 Å². The maximum atomic E-state index is 12.5. The summed E-state index contributed by atoms with van der Waals surface area (Å²) in [7, 11) is 1.59. The molecule has 1 aliphatic rings. The van der Waals surface area contributed by atoms with Gasteiger partial charge in [0.1, 0.15) is 11.8 Å². The van der Waals surface area contributed by atoms with E-state index < -0.39 is 17.7 Å². The van der Waals surface area contributed by atoms with Gasteiger partial charge in [-0.1, -0.05) is 12.1 Å². The van der Waals surface area contributed by atoms with Crippen LogP contribution >= 0.6 is 0 Å². The molecule has 2 rings (SSSR count). The first-order chi connectivity index (χ1) is 11.3.